The number of benzene rings is 2. The summed E-state index contributed by atoms with van der Waals surface area (Å²) in [5.74, 6) is 0.658. The minimum Gasteiger partial charge on any atom is -0.392 e. The van der Waals surface area contributed by atoms with Gasteiger partial charge in [0, 0.05) is 16.2 Å². The average molecular weight is 332 g/mol. The van der Waals surface area contributed by atoms with Crippen molar-refractivity contribution >= 4 is 21.6 Å². The van der Waals surface area contributed by atoms with Crippen LogP contribution in [0.3, 0.4) is 0 Å². The Morgan fingerprint density at radius 3 is 2.65 bits per heavy atom. The van der Waals surface area contributed by atoms with Gasteiger partial charge >= 0.3 is 0 Å². The van der Waals surface area contributed by atoms with E-state index in [0.717, 1.165) is 15.7 Å². The molecule has 0 heterocycles. The number of aliphatic hydroxyl groups is 1. The molecule has 1 aliphatic carbocycles. The molecule has 1 fully saturated rings. The van der Waals surface area contributed by atoms with E-state index in [1.807, 2.05) is 18.2 Å². The maximum Gasteiger partial charge on any atom is 0.0682 e. The monoisotopic (exact) mass is 331 g/mol. The first kappa shape index (κ1) is 13.7. The van der Waals surface area contributed by atoms with Crippen molar-refractivity contribution in [2.45, 2.75) is 31.4 Å². The largest absolute Gasteiger partial charge is 0.392 e. The number of rotatable bonds is 4. The van der Waals surface area contributed by atoms with Gasteiger partial charge in [0.25, 0.3) is 0 Å². The van der Waals surface area contributed by atoms with Crippen molar-refractivity contribution in [3.05, 3.63) is 64.1 Å². The maximum atomic E-state index is 9.15. The molecule has 2 aromatic carbocycles. The van der Waals surface area contributed by atoms with E-state index in [4.69, 9.17) is 5.11 Å². The van der Waals surface area contributed by atoms with E-state index in [-0.39, 0.29) is 6.61 Å². The van der Waals surface area contributed by atoms with Gasteiger partial charge in [-0.1, -0.05) is 40.2 Å². The lowest BCUT2D eigenvalue weighted by atomic mass is 9.76. The molecule has 1 saturated carbocycles. The molecular weight excluding hydrogens is 314 g/mol. The zero-order valence-corrected chi connectivity index (χ0v) is 12.8. The van der Waals surface area contributed by atoms with Crippen molar-refractivity contribution in [3.63, 3.8) is 0 Å². The van der Waals surface area contributed by atoms with Crippen molar-refractivity contribution in [3.8, 4) is 0 Å². The van der Waals surface area contributed by atoms with Gasteiger partial charge in [0.2, 0.25) is 0 Å². The number of nitrogens with one attached hydrogen (secondary N) is 1. The Bertz CT molecular complexity index is 593. The number of aliphatic hydroxyl groups excluding tert-OH is 1. The van der Waals surface area contributed by atoms with Crippen molar-refractivity contribution < 1.29 is 5.11 Å². The normalized spacial score (nSPS) is 21.3. The topological polar surface area (TPSA) is 32.3 Å². The smallest absolute Gasteiger partial charge is 0.0682 e. The summed E-state index contributed by atoms with van der Waals surface area (Å²) in [6.07, 6.45) is 2.33. The molecule has 0 spiro atoms. The first-order valence-corrected chi connectivity index (χ1v) is 7.75. The second-order valence-electron chi connectivity index (χ2n) is 5.42. The van der Waals surface area contributed by atoms with Crippen molar-refractivity contribution in [1.29, 1.82) is 0 Å². The molecule has 3 rings (SSSR count). The van der Waals surface area contributed by atoms with Crippen LogP contribution in [-0.2, 0) is 6.61 Å². The molecule has 2 N–H and O–H groups in total. The van der Waals surface area contributed by atoms with Gasteiger partial charge in [-0.15, -0.1) is 0 Å². The Balaban J connectivity index is 1.58. The Labute approximate surface area is 128 Å². The van der Waals surface area contributed by atoms with Crippen LogP contribution in [0, 0.1) is 0 Å². The summed E-state index contributed by atoms with van der Waals surface area (Å²) in [5, 5.41) is 12.7. The van der Waals surface area contributed by atoms with Crippen molar-refractivity contribution in [2.24, 2.45) is 0 Å². The molecule has 0 bridgehead atoms. The number of hydrogen-bond donors (Lipinski definition) is 2. The highest BCUT2D eigenvalue weighted by Crippen LogP contribution is 2.39. The van der Waals surface area contributed by atoms with E-state index in [0.29, 0.717) is 12.0 Å². The van der Waals surface area contributed by atoms with Crippen LogP contribution < -0.4 is 5.32 Å². The summed E-state index contributed by atoms with van der Waals surface area (Å²) >= 11 is 3.53. The number of halogens is 1. The van der Waals surface area contributed by atoms with E-state index < -0.39 is 0 Å². The highest BCUT2D eigenvalue weighted by molar-refractivity contribution is 9.10. The number of anilines is 1. The summed E-state index contributed by atoms with van der Waals surface area (Å²) in [5.41, 5.74) is 3.48. The molecule has 0 radical (unpaired) electrons. The molecule has 2 nitrogen and oxygen atoms in total. The number of hydrogen-bond acceptors (Lipinski definition) is 2. The molecule has 1 aliphatic rings. The maximum absolute atomic E-state index is 9.15. The van der Waals surface area contributed by atoms with Gasteiger partial charge in [-0.25, -0.2) is 0 Å². The van der Waals surface area contributed by atoms with E-state index in [1.54, 1.807) is 0 Å². The zero-order chi connectivity index (χ0) is 13.9. The fourth-order valence-corrected chi connectivity index (χ4v) is 3.18. The molecule has 0 unspecified atom stereocenters. The first-order chi connectivity index (χ1) is 9.74. The van der Waals surface area contributed by atoms with Crippen LogP contribution in [0.2, 0.25) is 0 Å². The third-order valence-corrected chi connectivity index (χ3v) is 4.43. The summed E-state index contributed by atoms with van der Waals surface area (Å²) < 4.78 is 1.15. The lowest BCUT2D eigenvalue weighted by Gasteiger charge is -2.37. The Hall–Kier alpha value is -1.32. The van der Waals surface area contributed by atoms with Crippen LogP contribution in [-0.4, -0.2) is 11.1 Å². The van der Waals surface area contributed by atoms with Crippen LogP contribution in [0.4, 0.5) is 5.69 Å². The van der Waals surface area contributed by atoms with Crippen LogP contribution in [0.25, 0.3) is 0 Å². The third-order valence-electron chi connectivity index (χ3n) is 3.94. The Morgan fingerprint density at radius 2 is 1.90 bits per heavy atom. The van der Waals surface area contributed by atoms with Crippen LogP contribution in [0.15, 0.2) is 53.0 Å². The molecule has 0 atom stereocenters. The summed E-state index contributed by atoms with van der Waals surface area (Å²) in [7, 11) is 0. The van der Waals surface area contributed by atoms with E-state index >= 15 is 0 Å². The predicted octanol–water partition coefficient (Wildman–Crippen LogP) is 4.30. The third kappa shape index (κ3) is 3.05. The van der Waals surface area contributed by atoms with Gasteiger partial charge in [-0.05, 0) is 54.2 Å². The second kappa shape index (κ2) is 5.98. The highest BCUT2D eigenvalue weighted by atomic mass is 79.9. The fourth-order valence-electron chi connectivity index (χ4n) is 2.76. The SMILES string of the molecule is OCc1cccc(NC2CC(c3cccc(Br)c3)C2)c1. The molecule has 0 amide bonds. The predicted molar refractivity (Wildman–Crippen MR) is 85.9 cm³/mol. The fraction of sp³-hybridized carbons (Fsp3) is 0.294. The standard InChI is InChI=1S/C17H18BrNO/c18-15-5-2-4-13(8-15)14-9-17(10-14)19-16-6-1-3-12(7-16)11-20/h1-8,14,17,19-20H,9-11H2. The van der Waals surface area contributed by atoms with E-state index in [1.165, 1.54) is 18.4 Å². The van der Waals surface area contributed by atoms with Gasteiger partial charge in [0.05, 0.1) is 6.61 Å². The Morgan fingerprint density at radius 1 is 1.10 bits per heavy atom. The van der Waals surface area contributed by atoms with Crippen molar-refractivity contribution in [2.75, 3.05) is 5.32 Å². The van der Waals surface area contributed by atoms with E-state index in [2.05, 4.69) is 51.6 Å². The van der Waals surface area contributed by atoms with Gasteiger partial charge in [-0.2, -0.15) is 0 Å². The summed E-state index contributed by atoms with van der Waals surface area (Å²) in [6.45, 7) is 0.0981. The van der Waals surface area contributed by atoms with Crippen LogP contribution in [0.5, 0.6) is 0 Å². The minimum absolute atomic E-state index is 0.0981. The molecule has 0 saturated heterocycles. The molecule has 20 heavy (non-hydrogen) atoms. The minimum atomic E-state index is 0.0981. The van der Waals surface area contributed by atoms with Crippen LogP contribution in [0.1, 0.15) is 29.9 Å². The first-order valence-electron chi connectivity index (χ1n) is 6.96. The summed E-state index contributed by atoms with van der Waals surface area (Å²) in [4.78, 5) is 0. The van der Waals surface area contributed by atoms with Gasteiger partial charge in [0.1, 0.15) is 0 Å². The molecule has 3 heteroatoms. The van der Waals surface area contributed by atoms with E-state index in [9.17, 15) is 0 Å². The lowest BCUT2D eigenvalue weighted by Crippen LogP contribution is -2.34. The molecular formula is C17H18BrNO. The zero-order valence-electron chi connectivity index (χ0n) is 11.2. The molecule has 0 aliphatic heterocycles. The lowest BCUT2D eigenvalue weighted by molar-refractivity contribution is 0.282. The van der Waals surface area contributed by atoms with Gasteiger partial charge in [0.15, 0.2) is 0 Å². The molecule has 0 aromatic heterocycles. The molecule has 2 aromatic rings. The quantitative estimate of drug-likeness (QED) is 0.875. The van der Waals surface area contributed by atoms with Gasteiger partial charge < -0.3 is 10.4 Å². The Kier molecular flexibility index (Phi) is 4.08. The molecule has 104 valence electrons. The van der Waals surface area contributed by atoms with Crippen molar-refractivity contribution in [1.82, 2.24) is 0 Å². The highest BCUT2D eigenvalue weighted by Gasteiger charge is 2.30. The average Bonchev–Trinajstić information content (AvgIpc) is 2.42. The van der Waals surface area contributed by atoms with Gasteiger partial charge in [-0.3, -0.25) is 0 Å². The summed E-state index contributed by atoms with van der Waals surface area (Å²) in [6, 6.07) is 17.1. The second-order valence-corrected chi connectivity index (χ2v) is 6.34. The van der Waals surface area contributed by atoms with Crippen LogP contribution >= 0.6 is 15.9 Å².